The van der Waals surface area contributed by atoms with Gasteiger partial charge in [-0.3, -0.25) is 4.79 Å². The summed E-state index contributed by atoms with van der Waals surface area (Å²) >= 11 is 0. The third-order valence-electron chi connectivity index (χ3n) is 6.52. The lowest BCUT2D eigenvalue weighted by atomic mass is 9.59. The molecule has 3 rings (SSSR count). The Kier molecular flexibility index (Phi) is 7.89. The van der Waals surface area contributed by atoms with Gasteiger partial charge >= 0.3 is 12.4 Å². The zero-order valence-corrected chi connectivity index (χ0v) is 19.8. The SMILES string of the molecule is CC(C)C(=O)NC[C@H]1C[C@@](CO[C@H](C)c2cc(C(F)(F)F)cc(C(F)(F)F)c2)(c2ccccc2)C1. The van der Waals surface area contributed by atoms with E-state index in [0.717, 1.165) is 5.56 Å². The molecule has 9 heteroatoms. The third-order valence-corrected chi connectivity index (χ3v) is 6.52. The van der Waals surface area contributed by atoms with Crippen LogP contribution < -0.4 is 5.32 Å². The zero-order valence-electron chi connectivity index (χ0n) is 19.8. The molecule has 1 fully saturated rings. The van der Waals surface area contributed by atoms with Crippen LogP contribution in [0.15, 0.2) is 48.5 Å². The molecule has 2 aromatic carbocycles. The van der Waals surface area contributed by atoms with Crippen molar-refractivity contribution in [3.05, 3.63) is 70.8 Å². The van der Waals surface area contributed by atoms with Crippen molar-refractivity contribution in [1.29, 1.82) is 0 Å². The van der Waals surface area contributed by atoms with Crippen LogP contribution in [0.1, 0.15) is 62.0 Å². The van der Waals surface area contributed by atoms with Crippen LogP contribution >= 0.6 is 0 Å². The number of carbonyl (C=O) groups excluding carboxylic acids is 1. The van der Waals surface area contributed by atoms with Crippen LogP contribution in [0, 0.1) is 11.8 Å². The second-order valence-electron chi connectivity index (χ2n) is 9.61. The van der Waals surface area contributed by atoms with Gasteiger partial charge in [-0.05, 0) is 55.0 Å². The molecule has 0 saturated heterocycles. The quantitative estimate of drug-likeness (QED) is 0.399. The van der Waals surface area contributed by atoms with Gasteiger partial charge in [-0.15, -0.1) is 0 Å². The van der Waals surface area contributed by atoms with Gasteiger partial charge in [0.15, 0.2) is 0 Å². The van der Waals surface area contributed by atoms with Crippen molar-refractivity contribution in [2.75, 3.05) is 13.2 Å². The van der Waals surface area contributed by atoms with E-state index in [1.165, 1.54) is 6.92 Å². The maximum Gasteiger partial charge on any atom is 0.416 e. The molecule has 0 aliphatic heterocycles. The number of carbonyl (C=O) groups is 1. The third kappa shape index (κ3) is 6.57. The summed E-state index contributed by atoms with van der Waals surface area (Å²) in [6.45, 7) is 5.69. The van der Waals surface area contributed by atoms with Crippen LogP contribution in [0.2, 0.25) is 0 Å². The van der Waals surface area contributed by atoms with Gasteiger partial charge < -0.3 is 10.1 Å². The minimum atomic E-state index is -4.91. The van der Waals surface area contributed by atoms with Crippen LogP contribution in [0.25, 0.3) is 0 Å². The minimum absolute atomic E-state index is 0.0444. The zero-order chi connectivity index (χ0) is 26.0. The highest BCUT2D eigenvalue weighted by atomic mass is 19.4. The Hall–Kier alpha value is -2.55. The summed E-state index contributed by atoms with van der Waals surface area (Å²) < 4.78 is 85.4. The van der Waals surface area contributed by atoms with E-state index < -0.39 is 35.0 Å². The number of halogens is 6. The summed E-state index contributed by atoms with van der Waals surface area (Å²) in [6.07, 6.45) is -9.46. The van der Waals surface area contributed by atoms with E-state index in [1.54, 1.807) is 13.8 Å². The van der Waals surface area contributed by atoms with Crippen molar-refractivity contribution in [2.24, 2.45) is 11.8 Å². The number of rotatable bonds is 8. The molecule has 3 nitrogen and oxygen atoms in total. The largest absolute Gasteiger partial charge is 0.416 e. The van der Waals surface area contributed by atoms with E-state index in [0.29, 0.717) is 31.5 Å². The van der Waals surface area contributed by atoms with Crippen LogP contribution in [0.4, 0.5) is 26.3 Å². The average Bonchev–Trinajstić information content (AvgIpc) is 2.76. The lowest BCUT2D eigenvalue weighted by molar-refractivity contribution is -0.143. The highest BCUT2D eigenvalue weighted by molar-refractivity contribution is 5.77. The van der Waals surface area contributed by atoms with Crippen LogP contribution in [-0.4, -0.2) is 19.1 Å². The molecule has 2 aromatic rings. The fourth-order valence-electron chi connectivity index (χ4n) is 4.46. The first kappa shape index (κ1) is 27.0. The van der Waals surface area contributed by atoms with Crippen molar-refractivity contribution >= 4 is 5.91 Å². The molecular weight excluding hydrogens is 472 g/mol. The Morgan fingerprint density at radius 2 is 1.51 bits per heavy atom. The first-order valence-corrected chi connectivity index (χ1v) is 11.5. The molecule has 1 aliphatic carbocycles. The summed E-state index contributed by atoms with van der Waals surface area (Å²) in [5.74, 6) is 0.0199. The second kappa shape index (κ2) is 10.2. The van der Waals surface area contributed by atoms with Crippen molar-refractivity contribution in [2.45, 2.75) is 57.5 Å². The van der Waals surface area contributed by atoms with E-state index in [4.69, 9.17) is 4.74 Å². The van der Waals surface area contributed by atoms with Crippen molar-refractivity contribution in [1.82, 2.24) is 5.32 Å². The highest BCUT2D eigenvalue weighted by Crippen LogP contribution is 2.48. The monoisotopic (exact) mass is 501 g/mol. The lowest BCUT2D eigenvalue weighted by Gasteiger charge is -2.48. The molecule has 1 aliphatic rings. The fraction of sp³-hybridized carbons (Fsp3) is 0.500. The first-order valence-electron chi connectivity index (χ1n) is 11.5. The molecule has 192 valence electrons. The molecule has 35 heavy (non-hydrogen) atoms. The molecule has 1 amide bonds. The molecule has 1 atom stereocenters. The van der Waals surface area contributed by atoms with Crippen molar-refractivity contribution in [3.8, 4) is 0 Å². The van der Waals surface area contributed by atoms with Crippen LogP contribution in [0.5, 0.6) is 0 Å². The Bertz CT molecular complexity index is 978. The Morgan fingerprint density at radius 1 is 0.971 bits per heavy atom. The van der Waals surface area contributed by atoms with Crippen LogP contribution in [-0.2, 0) is 27.3 Å². The number of benzene rings is 2. The van der Waals surface area contributed by atoms with E-state index in [-0.39, 0.29) is 36.0 Å². The predicted octanol–water partition coefficient (Wildman–Crippen LogP) is 6.92. The lowest BCUT2D eigenvalue weighted by Crippen LogP contribution is -2.49. The number of hydrogen-bond acceptors (Lipinski definition) is 2. The number of amides is 1. The molecule has 1 saturated carbocycles. The fourth-order valence-corrected chi connectivity index (χ4v) is 4.46. The molecular formula is C26H29F6NO2. The molecule has 0 heterocycles. The molecule has 0 bridgehead atoms. The summed E-state index contributed by atoms with van der Waals surface area (Å²) in [7, 11) is 0. The van der Waals surface area contributed by atoms with Crippen LogP contribution in [0.3, 0.4) is 0 Å². The smallest absolute Gasteiger partial charge is 0.373 e. The molecule has 1 N–H and O–H groups in total. The van der Waals surface area contributed by atoms with E-state index in [2.05, 4.69) is 5.32 Å². The Morgan fingerprint density at radius 3 is 2.00 bits per heavy atom. The average molecular weight is 502 g/mol. The van der Waals surface area contributed by atoms with Gasteiger partial charge in [-0.1, -0.05) is 44.2 Å². The number of nitrogens with one attached hydrogen (secondary N) is 1. The highest BCUT2D eigenvalue weighted by Gasteiger charge is 2.46. The predicted molar refractivity (Wildman–Crippen MR) is 120 cm³/mol. The van der Waals surface area contributed by atoms with Crippen molar-refractivity contribution < 1.29 is 35.9 Å². The molecule has 0 spiro atoms. The second-order valence-corrected chi connectivity index (χ2v) is 9.61. The minimum Gasteiger partial charge on any atom is -0.373 e. The standard InChI is InChI=1S/C26H29F6NO2/c1-16(2)23(34)33-14-18-12-24(13-18,20-7-5-4-6-8-20)15-35-17(3)19-9-21(25(27,28)29)11-22(10-19)26(30,31)32/h4-11,16-18H,12-15H2,1-3H3,(H,33,34)/t17-,18-,24+/m1/s1. The van der Waals surface area contributed by atoms with E-state index in [1.807, 2.05) is 30.3 Å². The van der Waals surface area contributed by atoms with Gasteiger partial charge in [0.2, 0.25) is 5.91 Å². The van der Waals surface area contributed by atoms with Gasteiger partial charge in [0.05, 0.1) is 23.8 Å². The Labute approximate surface area is 200 Å². The summed E-state index contributed by atoms with van der Waals surface area (Å²) in [5, 5.41) is 2.91. The number of ether oxygens (including phenoxy) is 1. The summed E-state index contributed by atoms with van der Waals surface area (Å²) in [5.41, 5.74) is -2.36. The topological polar surface area (TPSA) is 38.3 Å². The van der Waals surface area contributed by atoms with E-state index in [9.17, 15) is 31.1 Å². The van der Waals surface area contributed by atoms with Gasteiger partial charge in [0.1, 0.15) is 0 Å². The number of alkyl halides is 6. The van der Waals surface area contributed by atoms with Gasteiger partial charge in [-0.2, -0.15) is 26.3 Å². The molecule has 0 aromatic heterocycles. The van der Waals surface area contributed by atoms with Gasteiger partial charge in [0.25, 0.3) is 0 Å². The van der Waals surface area contributed by atoms with Gasteiger partial charge in [0, 0.05) is 17.9 Å². The first-order chi connectivity index (χ1) is 16.2. The molecule has 0 radical (unpaired) electrons. The van der Waals surface area contributed by atoms with E-state index >= 15 is 0 Å². The summed E-state index contributed by atoms with van der Waals surface area (Å²) in [6, 6.07) is 11.0. The summed E-state index contributed by atoms with van der Waals surface area (Å²) in [4.78, 5) is 11.9. The Balaban J connectivity index is 1.77. The maximum atomic E-state index is 13.2. The van der Waals surface area contributed by atoms with Crippen molar-refractivity contribution in [3.63, 3.8) is 0 Å². The normalized spacial score (nSPS) is 21.5. The van der Waals surface area contributed by atoms with Gasteiger partial charge in [-0.25, -0.2) is 0 Å². The molecule has 0 unspecified atom stereocenters. The maximum absolute atomic E-state index is 13.2. The number of hydrogen-bond donors (Lipinski definition) is 1.